The number of hydrogen-bond acceptors (Lipinski definition) is 6. The number of ether oxygens (including phenoxy) is 1. The lowest BCUT2D eigenvalue weighted by Gasteiger charge is -2.40. The molecule has 8 nitrogen and oxygen atoms in total. The number of morpholine rings is 1. The Morgan fingerprint density at radius 3 is 2.60 bits per heavy atom. The molecule has 42 heavy (non-hydrogen) atoms. The van der Waals surface area contributed by atoms with Crippen molar-refractivity contribution in [2.24, 2.45) is 10.9 Å². The van der Waals surface area contributed by atoms with E-state index in [0.29, 0.717) is 62.9 Å². The third-order valence-corrected chi connectivity index (χ3v) is 7.97. The molecular formula is C30H33F4N5O3. The van der Waals surface area contributed by atoms with Crippen LogP contribution in [-0.2, 0) is 20.9 Å². The van der Waals surface area contributed by atoms with Crippen LogP contribution < -0.4 is 10.2 Å². The molecule has 3 aliphatic rings. The molecule has 0 aromatic heterocycles. The number of nitrogens with one attached hydrogen (secondary N) is 1. The normalized spacial score (nSPS) is 22.3. The van der Waals surface area contributed by atoms with E-state index in [1.54, 1.807) is 6.07 Å². The number of rotatable bonds is 6. The van der Waals surface area contributed by atoms with Crippen molar-refractivity contribution in [3.8, 4) is 11.1 Å². The molecule has 3 aliphatic heterocycles. The monoisotopic (exact) mass is 587 g/mol. The lowest BCUT2D eigenvalue weighted by molar-refractivity contribution is -0.124. The maximum Gasteiger partial charge on any atom is 0.414 e. The topological polar surface area (TPSA) is 77.5 Å². The number of anilines is 2. The number of amides is 2. The molecular weight excluding hydrogens is 554 g/mol. The number of aliphatic imine (C=N–C) groups is 1. The van der Waals surface area contributed by atoms with Gasteiger partial charge in [-0.25, -0.2) is 9.38 Å². The fourth-order valence-corrected chi connectivity index (χ4v) is 5.43. The molecule has 2 atom stereocenters. The quantitative estimate of drug-likeness (QED) is 0.513. The lowest BCUT2D eigenvalue weighted by atomic mass is 9.95. The number of alkyl halides is 3. The maximum absolute atomic E-state index is 15.8. The van der Waals surface area contributed by atoms with Crippen molar-refractivity contribution in [2.75, 3.05) is 63.2 Å². The molecule has 2 aromatic rings. The van der Waals surface area contributed by atoms with Gasteiger partial charge in [0.1, 0.15) is 11.7 Å². The minimum atomic E-state index is -4.91. The molecule has 0 aliphatic carbocycles. The summed E-state index contributed by atoms with van der Waals surface area (Å²) in [5.41, 5.74) is 1.01. The minimum absolute atomic E-state index is 0.123. The molecule has 1 N–H and O–H groups in total. The Balaban J connectivity index is 1.50. The number of dihydropyridines is 1. The molecule has 2 saturated heterocycles. The van der Waals surface area contributed by atoms with E-state index in [9.17, 15) is 22.8 Å². The van der Waals surface area contributed by atoms with Crippen LogP contribution in [0.5, 0.6) is 0 Å². The zero-order chi connectivity index (χ0) is 30.0. The summed E-state index contributed by atoms with van der Waals surface area (Å²) in [6.45, 7) is 7.29. The van der Waals surface area contributed by atoms with Crippen molar-refractivity contribution >= 4 is 29.4 Å². The first-order valence-electron chi connectivity index (χ1n) is 13.9. The van der Waals surface area contributed by atoms with Gasteiger partial charge >= 0.3 is 6.18 Å². The molecule has 2 aromatic carbocycles. The molecule has 224 valence electrons. The molecule has 0 radical (unpaired) electrons. The SMILES string of the molecule is C[C@@H]1CN(c2cc(F)c(-c3cccc(CN4CCOCC4)c3)cc2NC(=O)C2C=NC(=O)C=C2C(F)(F)F)CCN1C. The van der Waals surface area contributed by atoms with Gasteiger partial charge in [0.25, 0.3) is 5.91 Å². The Morgan fingerprint density at radius 2 is 1.88 bits per heavy atom. The lowest BCUT2D eigenvalue weighted by Crippen LogP contribution is -2.50. The van der Waals surface area contributed by atoms with Crippen LogP contribution in [0, 0.1) is 11.7 Å². The molecule has 1 unspecified atom stereocenters. The zero-order valence-corrected chi connectivity index (χ0v) is 23.5. The molecule has 12 heteroatoms. The van der Waals surface area contributed by atoms with Crippen LogP contribution in [0.3, 0.4) is 0 Å². The third-order valence-electron chi connectivity index (χ3n) is 7.97. The van der Waals surface area contributed by atoms with Crippen LogP contribution in [0.1, 0.15) is 12.5 Å². The van der Waals surface area contributed by atoms with Gasteiger partial charge in [0.05, 0.1) is 30.2 Å². The van der Waals surface area contributed by atoms with Crippen LogP contribution >= 0.6 is 0 Å². The Morgan fingerprint density at radius 1 is 1.12 bits per heavy atom. The largest absolute Gasteiger partial charge is 0.414 e. The van der Waals surface area contributed by atoms with E-state index in [0.717, 1.165) is 18.7 Å². The van der Waals surface area contributed by atoms with E-state index in [4.69, 9.17) is 4.74 Å². The van der Waals surface area contributed by atoms with Crippen molar-refractivity contribution in [1.29, 1.82) is 0 Å². The summed E-state index contributed by atoms with van der Waals surface area (Å²) < 4.78 is 62.4. The maximum atomic E-state index is 15.8. The minimum Gasteiger partial charge on any atom is -0.379 e. The fourth-order valence-electron chi connectivity index (χ4n) is 5.43. The van der Waals surface area contributed by atoms with E-state index in [1.807, 2.05) is 37.1 Å². The van der Waals surface area contributed by atoms with Crippen molar-refractivity contribution in [3.05, 3.63) is 59.4 Å². The van der Waals surface area contributed by atoms with Gasteiger partial charge in [0.2, 0.25) is 5.91 Å². The first-order chi connectivity index (χ1) is 20.0. The first kappa shape index (κ1) is 29.9. The van der Waals surface area contributed by atoms with Crippen LogP contribution in [0.2, 0.25) is 0 Å². The number of carbonyl (C=O) groups excluding carboxylic acids is 2. The van der Waals surface area contributed by atoms with Crippen LogP contribution in [0.15, 0.2) is 53.0 Å². The number of benzene rings is 2. The highest BCUT2D eigenvalue weighted by Gasteiger charge is 2.43. The van der Waals surface area contributed by atoms with Gasteiger partial charge in [-0.05, 0) is 43.3 Å². The summed E-state index contributed by atoms with van der Waals surface area (Å²) in [5.74, 6) is -4.44. The van der Waals surface area contributed by atoms with E-state index < -0.39 is 35.3 Å². The number of likely N-dealkylation sites (N-methyl/N-ethyl adjacent to an activating group) is 1. The average Bonchev–Trinajstić information content (AvgIpc) is 2.95. The van der Waals surface area contributed by atoms with E-state index >= 15 is 4.39 Å². The van der Waals surface area contributed by atoms with Gasteiger partial charge in [0.15, 0.2) is 0 Å². The molecule has 0 spiro atoms. The van der Waals surface area contributed by atoms with Gasteiger partial charge in [-0.1, -0.05) is 18.2 Å². The second-order valence-electron chi connectivity index (χ2n) is 10.9. The van der Waals surface area contributed by atoms with E-state index in [2.05, 4.69) is 20.1 Å². The number of nitrogens with zero attached hydrogens (tertiary/aromatic N) is 4. The van der Waals surface area contributed by atoms with Crippen molar-refractivity contribution in [3.63, 3.8) is 0 Å². The fraction of sp³-hybridized carbons (Fsp3) is 0.433. The van der Waals surface area contributed by atoms with Gasteiger partial charge in [-0.2, -0.15) is 13.2 Å². The highest BCUT2D eigenvalue weighted by molar-refractivity contribution is 6.11. The molecule has 2 amide bonds. The summed E-state index contributed by atoms with van der Waals surface area (Å²) in [4.78, 5) is 34.6. The predicted octanol–water partition coefficient (Wildman–Crippen LogP) is 4.12. The standard InChI is InChI=1S/C30H33F4N5O3/c1-19-17-39(7-6-37(19)2)27-15-25(31)22(21-5-3-4-20(12-21)18-38-8-10-42-11-9-38)13-26(27)36-29(41)23-16-35-28(40)14-24(23)30(32,33)34/h3-5,12-16,19,23H,6-11,17-18H2,1-2H3,(H,36,41)/t19-,23?/m1/s1. The summed E-state index contributed by atoms with van der Waals surface area (Å²) in [6, 6.07) is 10.3. The summed E-state index contributed by atoms with van der Waals surface area (Å²) in [6.07, 6.45) is -3.87. The van der Waals surface area contributed by atoms with Gasteiger partial charge in [-0.15, -0.1) is 0 Å². The van der Waals surface area contributed by atoms with Crippen molar-refractivity contribution in [2.45, 2.75) is 25.7 Å². The summed E-state index contributed by atoms with van der Waals surface area (Å²) in [5, 5.41) is 2.61. The van der Waals surface area contributed by atoms with Gasteiger partial charge in [-0.3, -0.25) is 14.5 Å². The predicted molar refractivity (Wildman–Crippen MR) is 152 cm³/mol. The van der Waals surface area contributed by atoms with Crippen LogP contribution in [0.25, 0.3) is 11.1 Å². The van der Waals surface area contributed by atoms with Gasteiger partial charge in [0, 0.05) is 63.2 Å². The molecule has 2 fully saturated rings. The second-order valence-corrected chi connectivity index (χ2v) is 10.9. The van der Waals surface area contributed by atoms with Gasteiger partial charge < -0.3 is 19.9 Å². The molecule has 0 saturated carbocycles. The zero-order valence-electron chi connectivity index (χ0n) is 23.5. The summed E-state index contributed by atoms with van der Waals surface area (Å²) >= 11 is 0. The highest BCUT2D eigenvalue weighted by atomic mass is 19.4. The summed E-state index contributed by atoms with van der Waals surface area (Å²) in [7, 11) is 1.98. The smallest absolute Gasteiger partial charge is 0.379 e. The Hall–Kier alpha value is -3.61. The number of carbonyl (C=O) groups is 2. The number of piperazine rings is 1. The van der Waals surface area contributed by atoms with Crippen molar-refractivity contribution < 1.29 is 31.9 Å². The third kappa shape index (κ3) is 6.71. The number of halogens is 4. The Bertz CT molecular complexity index is 1400. The Labute approximate surface area is 241 Å². The van der Waals surface area contributed by atoms with E-state index in [-0.39, 0.29) is 17.3 Å². The van der Waals surface area contributed by atoms with Crippen LogP contribution in [0.4, 0.5) is 28.9 Å². The van der Waals surface area contributed by atoms with Crippen LogP contribution in [-0.4, -0.2) is 93.0 Å². The Kier molecular flexibility index (Phi) is 8.76. The van der Waals surface area contributed by atoms with Crippen molar-refractivity contribution in [1.82, 2.24) is 9.80 Å². The second kappa shape index (κ2) is 12.3. The molecule has 3 heterocycles. The first-order valence-corrected chi connectivity index (χ1v) is 13.9. The molecule has 0 bridgehead atoms. The molecule has 5 rings (SSSR count). The number of hydrogen-bond donors (Lipinski definition) is 1. The van der Waals surface area contributed by atoms with E-state index in [1.165, 1.54) is 12.1 Å². The average molecular weight is 588 g/mol. The highest BCUT2D eigenvalue weighted by Crippen LogP contribution is 2.38.